The lowest BCUT2D eigenvalue weighted by Gasteiger charge is -2.26. The van der Waals surface area contributed by atoms with Crippen LogP contribution in [-0.4, -0.2) is 32.1 Å². The van der Waals surface area contributed by atoms with Crippen LogP contribution in [0.25, 0.3) is 0 Å². The number of hydrogen-bond acceptors (Lipinski definition) is 6. The highest BCUT2D eigenvalue weighted by atomic mass is 79.9. The monoisotopic (exact) mass is 636 g/mol. The van der Waals surface area contributed by atoms with Gasteiger partial charge in [-0.25, -0.2) is 4.99 Å². The molecule has 13 heteroatoms. The highest BCUT2D eigenvalue weighted by Crippen LogP contribution is 2.41. The van der Waals surface area contributed by atoms with Crippen molar-refractivity contribution in [3.8, 4) is 11.5 Å². The Morgan fingerprint density at radius 1 is 0.974 bits per heavy atom. The molecule has 0 amide bonds. The third-order valence-corrected chi connectivity index (χ3v) is 6.27. The summed E-state index contributed by atoms with van der Waals surface area (Å²) in [4.78, 5) is 14.6. The quantitative estimate of drug-likeness (QED) is 0.213. The molecular formula is C25H19BrCl2F4N2O4. The van der Waals surface area contributed by atoms with Crippen LogP contribution >= 0.6 is 39.1 Å². The topological polar surface area (TPSA) is 83.1 Å². The van der Waals surface area contributed by atoms with Crippen LogP contribution in [-0.2, 0) is 21.5 Å². The van der Waals surface area contributed by atoms with Crippen LogP contribution in [0.3, 0.4) is 0 Å². The number of carbonyl (C=O) groups is 1. The van der Waals surface area contributed by atoms with E-state index in [1.54, 1.807) is 6.07 Å². The van der Waals surface area contributed by atoms with Gasteiger partial charge in [-0.3, -0.25) is 0 Å². The van der Waals surface area contributed by atoms with Crippen LogP contribution in [0, 0.1) is 0 Å². The van der Waals surface area contributed by atoms with Crippen LogP contribution in [0.4, 0.5) is 17.6 Å². The zero-order chi connectivity index (χ0) is 27.9. The van der Waals surface area contributed by atoms with Crippen molar-refractivity contribution < 1.29 is 36.6 Å². The van der Waals surface area contributed by atoms with Gasteiger partial charge in [0.15, 0.2) is 5.54 Å². The van der Waals surface area contributed by atoms with E-state index in [-0.39, 0.29) is 40.6 Å². The van der Waals surface area contributed by atoms with E-state index in [2.05, 4.69) is 30.4 Å². The summed E-state index contributed by atoms with van der Waals surface area (Å²) in [5.41, 5.74) is 6.96. The minimum atomic E-state index is -2.95. The average Bonchev–Trinajstić information content (AvgIpc) is 3.25. The number of aliphatic imine (C=N–C) groups is 1. The third kappa shape index (κ3) is 7.52. The van der Waals surface area contributed by atoms with E-state index < -0.39 is 18.8 Å². The molecule has 38 heavy (non-hydrogen) atoms. The maximum absolute atomic E-state index is 12.4. The smallest absolute Gasteiger partial charge is 0.387 e. The number of rotatable bonds is 8. The van der Waals surface area contributed by atoms with Crippen LogP contribution in [0.15, 0.2) is 70.1 Å². The first kappa shape index (κ1) is 29.5. The first-order valence-corrected chi connectivity index (χ1v) is 12.2. The molecule has 0 radical (unpaired) electrons. The molecule has 1 aliphatic heterocycles. The zero-order valence-electron chi connectivity index (χ0n) is 19.2. The van der Waals surface area contributed by atoms with Gasteiger partial charge in [-0.15, -0.1) is 0 Å². The molecule has 4 rings (SSSR count). The van der Waals surface area contributed by atoms with Crippen molar-refractivity contribution in [1.82, 2.24) is 0 Å². The first-order chi connectivity index (χ1) is 18.0. The minimum Gasteiger partial charge on any atom is -0.462 e. The molecule has 3 aromatic rings. The predicted molar refractivity (Wildman–Crippen MR) is 138 cm³/mol. The number of alkyl halides is 4. The Labute approximate surface area is 233 Å². The molecular weight excluding hydrogens is 619 g/mol. The molecule has 2 N–H and O–H groups in total. The molecule has 6 nitrogen and oxygen atoms in total. The number of aldehydes is 1. The SMILES string of the molecule is NC1=NC(c2cccc(Br)c2)(c2ccc(OC(F)F)c(Cl)c2)CO1.O=CCc1ccc(OC(F)F)c(Cl)c1. The Balaban J connectivity index is 0.000000244. The normalized spacial score (nSPS) is 16.4. The third-order valence-electron chi connectivity index (χ3n) is 5.19. The first-order valence-electron chi connectivity index (χ1n) is 10.7. The van der Waals surface area contributed by atoms with E-state index in [4.69, 9.17) is 33.7 Å². The number of ether oxygens (including phenoxy) is 3. The van der Waals surface area contributed by atoms with Crippen molar-refractivity contribution in [2.45, 2.75) is 25.2 Å². The Morgan fingerprint density at radius 2 is 1.58 bits per heavy atom. The molecule has 3 aromatic carbocycles. The molecule has 0 aliphatic carbocycles. The van der Waals surface area contributed by atoms with E-state index in [1.165, 1.54) is 30.3 Å². The Hall–Kier alpha value is -3.02. The van der Waals surface area contributed by atoms with Crippen molar-refractivity contribution in [2.75, 3.05) is 6.61 Å². The summed E-state index contributed by atoms with van der Waals surface area (Å²) in [6, 6.07) is 16.4. The van der Waals surface area contributed by atoms with Gasteiger partial charge in [-0.2, -0.15) is 17.6 Å². The van der Waals surface area contributed by atoms with Gasteiger partial charge >= 0.3 is 13.2 Å². The maximum Gasteiger partial charge on any atom is 0.387 e. The molecule has 1 aliphatic rings. The molecule has 0 bridgehead atoms. The highest BCUT2D eigenvalue weighted by molar-refractivity contribution is 9.10. The summed E-state index contributed by atoms with van der Waals surface area (Å²) in [7, 11) is 0. The molecule has 0 fully saturated rings. The van der Waals surface area contributed by atoms with Gasteiger partial charge in [0, 0.05) is 10.9 Å². The van der Waals surface area contributed by atoms with Crippen LogP contribution in [0.1, 0.15) is 16.7 Å². The molecule has 0 aromatic heterocycles. The van der Waals surface area contributed by atoms with E-state index in [9.17, 15) is 22.4 Å². The van der Waals surface area contributed by atoms with E-state index >= 15 is 0 Å². The second-order valence-electron chi connectivity index (χ2n) is 7.65. The number of halogens is 7. The predicted octanol–water partition coefficient (Wildman–Crippen LogP) is 6.98. The number of benzene rings is 3. The van der Waals surface area contributed by atoms with Crippen LogP contribution in [0.5, 0.6) is 11.5 Å². The lowest BCUT2D eigenvalue weighted by atomic mass is 9.84. The lowest BCUT2D eigenvalue weighted by Crippen LogP contribution is -2.27. The van der Waals surface area contributed by atoms with Crippen molar-refractivity contribution in [3.63, 3.8) is 0 Å². The lowest BCUT2D eigenvalue weighted by molar-refractivity contribution is -0.107. The van der Waals surface area contributed by atoms with Gasteiger partial charge in [0.05, 0.1) is 10.0 Å². The fourth-order valence-electron chi connectivity index (χ4n) is 3.55. The molecule has 1 heterocycles. The molecule has 0 saturated heterocycles. The van der Waals surface area contributed by atoms with Crippen molar-refractivity contribution in [2.24, 2.45) is 10.7 Å². The largest absolute Gasteiger partial charge is 0.462 e. The molecule has 202 valence electrons. The molecule has 1 unspecified atom stereocenters. The number of amidine groups is 1. The fraction of sp³-hybridized carbons (Fsp3) is 0.200. The number of nitrogens with two attached hydrogens (primary N) is 1. The second kappa shape index (κ2) is 13.2. The van der Waals surface area contributed by atoms with Crippen LogP contribution < -0.4 is 15.2 Å². The summed E-state index contributed by atoms with van der Waals surface area (Å²) in [5, 5.41) is 0.132. The standard InChI is InChI=1S/C16H12BrClF2N2O2.C9H7ClF2O2/c17-11-3-1-2-9(6-11)16(8-23-15(21)22-16)10-4-5-13(12(18)7-10)24-14(19)20;10-7-5-6(3-4-13)1-2-8(7)14-9(11)12/h1-7,14H,8H2,(H2,21,22);1-2,4-5,9H,3H2. The van der Waals surface area contributed by atoms with Gasteiger partial charge in [0.1, 0.15) is 24.4 Å². The molecule has 1 atom stereocenters. The minimum absolute atomic E-state index is 0.0546. The van der Waals surface area contributed by atoms with Crippen LogP contribution in [0.2, 0.25) is 10.0 Å². The van der Waals surface area contributed by atoms with Crippen molar-refractivity contribution >= 4 is 51.4 Å². The Bertz CT molecular complexity index is 1320. The van der Waals surface area contributed by atoms with E-state index in [0.717, 1.165) is 10.0 Å². The molecule has 0 saturated carbocycles. The van der Waals surface area contributed by atoms with Crippen molar-refractivity contribution in [1.29, 1.82) is 0 Å². The Kier molecular flexibility index (Phi) is 10.2. The average molecular weight is 638 g/mol. The van der Waals surface area contributed by atoms with Gasteiger partial charge < -0.3 is 24.7 Å². The number of carbonyl (C=O) groups excluding carboxylic acids is 1. The Morgan fingerprint density at radius 3 is 2.08 bits per heavy atom. The summed E-state index contributed by atoms with van der Waals surface area (Å²) in [6.07, 6.45) is 0.911. The fourth-order valence-corrected chi connectivity index (χ4v) is 4.42. The van der Waals surface area contributed by atoms with Gasteiger partial charge in [0.2, 0.25) is 0 Å². The van der Waals surface area contributed by atoms with E-state index in [1.807, 2.05) is 24.3 Å². The summed E-state index contributed by atoms with van der Waals surface area (Å²) in [5.74, 6) is -0.188. The zero-order valence-corrected chi connectivity index (χ0v) is 22.3. The maximum atomic E-state index is 12.4. The van der Waals surface area contributed by atoms with Crippen molar-refractivity contribution in [3.05, 3.63) is 91.9 Å². The van der Waals surface area contributed by atoms with Gasteiger partial charge in [0.25, 0.3) is 6.02 Å². The van der Waals surface area contributed by atoms with Gasteiger partial charge in [-0.05, 0) is 53.1 Å². The second-order valence-corrected chi connectivity index (χ2v) is 9.38. The highest BCUT2D eigenvalue weighted by Gasteiger charge is 2.40. The van der Waals surface area contributed by atoms with E-state index in [0.29, 0.717) is 17.4 Å². The summed E-state index contributed by atoms with van der Waals surface area (Å²) >= 11 is 15.1. The number of nitrogens with zero attached hydrogens (tertiary/aromatic N) is 1. The number of hydrogen-bond donors (Lipinski definition) is 1. The van der Waals surface area contributed by atoms with Gasteiger partial charge in [-0.1, -0.05) is 63.4 Å². The molecule has 0 spiro atoms. The summed E-state index contributed by atoms with van der Waals surface area (Å²) < 4.78 is 63.1. The summed E-state index contributed by atoms with van der Waals surface area (Å²) in [6.45, 7) is -5.67.